The molecule has 0 amide bonds. The van der Waals surface area contributed by atoms with E-state index in [1.807, 2.05) is 27.7 Å². The molecule has 0 atom stereocenters. The van der Waals surface area contributed by atoms with E-state index in [1.54, 1.807) is 0 Å². The van der Waals surface area contributed by atoms with E-state index in [9.17, 15) is 9.59 Å². The van der Waals surface area contributed by atoms with E-state index < -0.39 is 0 Å². The van der Waals surface area contributed by atoms with Crippen LogP contribution in [0.5, 0.6) is 0 Å². The molecule has 18 heavy (non-hydrogen) atoms. The number of carbonyl (C=O) groups is 2. The van der Waals surface area contributed by atoms with Crippen LogP contribution in [0.3, 0.4) is 0 Å². The number of hydrogen-bond donors (Lipinski definition) is 0. The Morgan fingerprint density at radius 3 is 1.22 bits per heavy atom. The average molecular weight is 258 g/mol. The SMILES string of the molecule is CCC(CC)OC(=O)CCC(=O)OC(CC)CC. The van der Waals surface area contributed by atoms with Crippen LogP contribution in [0, 0.1) is 0 Å². The Balaban J connectivity index is 3.87. The summed E-state index contributed by atoms with van der Waals surface area (Å²) in [6.07, 6.45) is 3.37. The normalized spacial score (nSPS) is 10.8. The first kappa shape index (κ1) is 16.9. The highest BCUT2D eigenvalue weighted by atomic mass is 16.5. The molecule has 0 aliphatic heterocycles. The number of ether oxygens (including phenoxy) is 2. The first-order valence-electron chi connectivity index (χ1n) is 6.96. The van der Waals surface area contributed by atoms with Crippen LogP contribution in [0.4, 0.5) is 0 Å². The quantitative estimate of drug-likeness (QED) is 0.596. The van der Waals surface area contributed by atoms with Crippen molar-refractivity contribution in [3.8, 4) is 0 Å². The summed E-state index contributed by atoms with van der Waals surface area (Å²) in [5.41, 5.74) is 0. The van der Waals surface area contributed by atoms with Gasteiger partial charge in [0.25, 0.3) is 0 Å². The predicted molar refractivity (Wildman–Crippen MR) is 70.2 cm³/mol. The molecular formula is C14H26O4. The van der Waals surface area contributed by atoms with Crippen molar-refractivity contribution >= 4 is 11.9 Å². The minimum absolute atomic E-state index is 0.0347. The third-order valence-electron chi connectivity index (χ3n) is 2.95. The van der Waals surface area contributed by atoms with Gasteiger partial charge in [0, 0.05) is 0 Å². The van der Waals surface area contributed by atoms with Crippen LogP contribution in [-0.4, -0.2) is 24.1 Å². The fourth-order valence-corrected chi connectivity index (χ4v) is 1.60. The molecule has 0 aromatic rings. The van der Waals surface area contributed by atoms with Crippen molar-refractivity contribution in [2.75, 3.05) is 0 Å². The van der Waals surface area contributed by atoms with Crippen molar-refractivity contribution in [3.05, 3.63) is 0 Å². The fraction of sp³-hybridized carbons (Fsp3) is 0.857. The van der Waals surface area contributed by atoms with Gasteiger partial charge in [-0.15, -0.1) is 0 Å². The summed E-state index contributed by atoms with van der Waals surface area (Å²) >= 11 is 0. The second kappa shape index (κ2) is 9.92. The highest BCUT2D eigenvalue weighted by Crippen LogP contribution is 2.08. The number of esters is 2. The lowest BCUT2D eigenvalue weighted by Gasteiger charge is -2.15. The van der Waals surface area contributed by atoms with Gasteiger partial charge in [0.2, 0.25) is 0 Å². The van der Waals surface area contributed by atoms with Crippen LogP contribution in [0.15, 0.2) is 0 Å². The zero-order valence-electron chi connectivity index (χ0n) is 12.0. The second-order valence-electron chi connectivity index (χ2n) is 4.36. The molecule has 0 bridgehead atoms. The topological polar surface area (TPSA) is 52.6 Å². The summed E-state index contributed by atoms with van der Waals surface area (Å²) in [6.45, 7) is 7.90. The molecule has 106 valence electrons. The Morgan fingerprint density at radius 2 is 1.00 bits per heavy atom. The van der Waals surface area contributed by atoms with Gasteiger partial charge in [-0.1, -0.05) is 27.7 Å². The van der Waals surface area contributed by atoms with Gasteiger partial charge in [0.15, 0.2) is 0 Å². The Kier molecular flexibility index (Phi) is 9.33. The van der Waals surface area contributed by atoms with Gasteiger partial charge in [-0.3, -0.25) is 9.59 Å². The van der Waals surface area contributed by atoms with E-state index in [-0.39, 0.29) is 37.0 Å². The lowest BCUT2D eigenvalue weighted by Crippen LogP contribution is -2.20. The molecule has 0 unspecified atom stereocenters. The lowest BCUT2D eigenvalue weighted by molar-refractivity contribution is -0.156. The Bertz CT molecular complexity index is 216. The zero-order chi connectivity index (χ0) is 14.0. The molecule has 4 heteroatoms. The van der Waals surface area contributed by atoms with Crippen molar-refractivity contribution in [1.29, 1.82) is 0 Å². The van der Waals surface area contributed by atoms with Crippen LogP contribution in [0.25, 0.3) is 0 Å². The molecule has 0 aliphatic rings. The van der Waals surface area contributed by atoms with E-state index in [4.69, 9.17) is 9.47 Å². The maximum Gasteiger partial charge on any atom is 0.306 e. The van der Waals surface area contributed by atoms with E-state index >= 15 is 0 Å². The summed E-state index contributed by atoms with van der Waals surface area (Å²) in [6, 6.07) is 0. The molecule has 0 aromatic carbocycles. The van der Waals surface area contributed by atoms with Crippen LogP contribution < -0.4 is 0 Å². The van der Waals surface area contributed by atoms with Gasteiger partial charge in [-0.25, -0.2) is 0 Å². The highest BCUT2D eigenvalue weighted by molar-refractivity contribution is 5.77. The molecule has 0 rings (SSSR count). The van der Waals surface area contributed by atoms with Crippen LogP contribution in [0.2, 0.25) is 0 Å². The summed E-state index contributed by atoms with van der Waals surface area (Å²) in [5.74, 6) is -0.629. The Labute approximate surface area is 110 Å². The average Bonchev–Trinajstić information content (AvgIpc) is 2.39. The standard InChI is InChI=1S/C14H26O4/c1-5-11(6-2)17-13(15)9-10-14(16)18-12(7-3)8-4/h11-12H,5-10H2,1-4H3. The summed E-state index contributed by atoms with van der Waals surface area (Å²) in [4.78, 5) is 22.9. The van der Waals surface area contributed by atoms with Gasteiger partial charge in [0.1, 0.15) is 12.2 Å². The highest BCUT2D eigenvalue weighted by Gasteiger charge is 2.15. The number of carbonyl (C=O) groups excluding carboxylic acids is 2. The minimum Gasteiger partial charge on any atom is -0.462 e. The molecule has 0 aromatic heterocycles. The predicted octanol–water partition coefficient (Wildman–Crippen LogP) is 3.23. The van der Waals surface area contributed by atoms with Crippen molar-refractivity contribution in [2.45, 2.75) is 78.4 Å². The maximum absolute atomic E-state index is 11.5. The Hall–Kier alpha value is -1.06. The monoisotopic (exact) mass is 258 g/mol. The molecule has 0 saturated carbocycles. The molecule has 0 N–H and O–H groups in total. The van der Waals surface area contributed by atoms with Crippen LogP contribution in [-0.2, 0) is 19.1 Å². The van der Waals surface area contributed by atoms with Crippen molar-refractivity contribution < 1.29 is 19.1 Å². The summed E-state index contributed by atoms with van der Waals surface area (Å²) in [7, 11) is 0. The van der Waals surface area contributed by atoms with Gasteiger partial charge >= 0.3 is 11.9 Å². The van der Waals surface area contributed by atoms with E-state index in [0.29, 0.717) is 0 Å². The van der Waals surface area contributed by atoms with Crippen LogP contribution in [0.1, 0.15) is 66.2 Å². The minimum atomic E-state index is -0.315. The molecule has 0 spiro atoms. The lowest BCUT2D eigenvalue weighted by atomic mass is 10.2. The van der Waals surface area contributed by atoms with E-state index in [2.05, 4.69) is 0 Å². The molecular weight excluding hydrogens is 232 g/mol. The first-order valence-corrected chi connectivity index (χ1v) is 6.96. The molecule has 0 aliphatic carbocycles. The smallest absolute Gasteiger partial charge is 0.306 e. The van der Waals surface area contributed by atoms with E-state index in [0.717, 1.165) is 25.7 Å². The van der Waals surface area contributed by atoms with Gasteiger partial charge in [-0.2, -0.15) is 0 Å². The van der Waals surface area contributed by atoms with Gasteiger partial charge < -0.3 is 9.47 Å². The van der Waals surface area contributed by atoms with E-state index in [1.165, 1.54) is 0 Å². The third-order valence-corrected chi connectivity index (χ3v) is 2.95. The fourth-order valence-electron chi connectivity index (χ4n) is 1.60. The molecule has 0 heterocycles. The molecule has 4 nitrogen and oxygen atoms in total. The molecule has 0 radical (unpaired) electrons. The number of hydrogen-bond acceptors (Lipinski definition) is 4. The summed E-state index contributed by atoms with van der Waals surface area (Å²) < 4.78 is 10.4. The van der Waals surface area contributed by atoms with Crippen molar-refractivity contribution in [3.63, 3.8) is 0 Å². The maximum atomic E-state index is 11.5. The van der Waals surface area contributed by atoms with Crippen molar-refractivity contribution in [1.82, 2.24) is 0 Å². The Morgan fingerprint density at radius 1 is 0.722 bits per heavy atom. The number of rotatable bonds is 9. The second-order valence-corrected chi connectivity index (χ2v) is 4.36. The van der Waals surface area contributed by atoms with Crippen molar-refractivity contribution in [2.24, 2.45) is 0 Å². The van der Waals surface area contributed by atoms with Crippen LogP contribution >= 0.6 is 0 Å². The van der Waals surface area contributed by atoms with Gasteiger partial charge in [0.05, 0.1) is 12.8 Å². The molecule has 0 fully saturated rings. The third kappa shape index (κ3) is 7.30. The first-order chi connectivity index (χ1) is 8.57. The largest absolute Gasteiger partial charge is 0.462 e. The zero-order valence-corrected chi connectivity index (χ0v) is 12.0. The summed E-state index contributed by atoms with van der Waals surface area (Å²) in [5, 5.41) is 0. The molecule has 0 saturated heterocycles. The van der Waals surface area contributed by atoms with Gasteiger partial charge in [-0.05, 0) is 25.7 Å².